The summed E-state index contributed by atoms with van der Waals surface area (Å²) in [6, 6.07) is 10.8. The van der Waals surface area contributed by atoms with E-state index in [0.717, 1.165) is 18.2 Å². The van der Waals surface area contributed by atoms with Crippen molar-refractivity contribution in [3.8, 4) is 0 Å². The van der Waals surface area contributed by atoms with Crippen molar-refractivity contribution in [2.45, 2.75) is 12.8 Å². The molecule has 0 aliphatic rings. The van der Waals surface area contributed by atoms with Gasteiger partial charge in [-0.1, -0.05) is 36.4 Å². The average Bonchev–Trinajstić information content (AvgIpc) is 2.64. The van der Waals surface area contributed by atoms with Crippen molar-refractivity contribution < 1.29 is 28.0 Å². The van der Waals surface area contributed by atoms with Gasteiger partial charge in [0.25, 0.3) is 5.69 Å². The standard InChI is InChI=1S/C19H15F2NO5/c1-13-7-2-4-9-15(13)19(20,21)17(23)11-6-12-27-18(24)14-8-3-5-10-16(14)22(25)26/h2-11H,12H2,1H3/b11-6+. The fraction of sp³-hybridized carbons (Fsp3) is 0.158. The third-order valence-corrected chi connectivity index (χ3v) is 3.69. The first-order valence-corrected chi connectivity index (χ1v) is 7.80. The highest BCUT2D eigenvalue weighted by molar-refractivity contribution is 5.97. The summed E-state index contributed by atoms with van der Waals surface area (Å²) in [4.78, 5) is 33.8. The van der Waals surface area contributed by atoms with Crippen LogP contribution in [0.15, 0.2) is 60.7 Å². The van der Waals surface area contributed by atoms with Gasteiger partial charge in [-0.3, -0.25) is 14.9 Å². The molecule has 0 aromatic heterocycles. The number of nitro groups is 1. The van der Waals surface area contributed by atoms with E-state index in [9.17, 15) is 28.5 Å². The maximum atomic E-state index is 14.2. The molecule has 0 bridgehead atoms. The van der Waals surface area contributed by atoms with Gasteiger partial charge in [0.15, 0.2) is 0 Å². The second-order valence-electron chi connectivity index (χ2n) is 5.53. The third kappa shape index (κ3) is 4.60. The predicted octanol–water partition coefficient (Wildman–Crippen LogP) is 3.98. The van der Waals surface area contributed by atoms with Crippen LogP contribution in [0.2, 0.25) is 0 Å². The molecule has 0 atom stereocenters. The van der Waals surface area contributed by atoms with E-state index in [1.54, 1.807) is 6.07 Å². The van der Waals surface area contributed by atoms with Crippen LogP contribution in [0, 0.1) is 17.0 Å². The number of hydrogen-bond donors (Lipinski definition) is 0. The summed E-state index contributed by atoms with van der Waals surface area (Å²) in [6.07, 6.45) is 1.58. The first-order valence-electron chi connectivity index (χ1n) is 7.80. The molecule has 2 rings (SSSR count). The molecule has 8 heteroatoms. The zero-order valence-electron chi connectivity index (χ0n) is 14.2. The Hall–Kier alpha value is -3.42. The van der Waals surface area contributed by atoms with Crippen LogP contribution < -0.4 is 0 Å². The van der Waals surface area contributed by atoms with Gasteiger partial charge in [-0.25, -0.2) is 4.79 Å². The molecule has 0 saturated carbocycles. The van der Waals surface area contributed by atoms with Gasteiger partial charge >= 0.3 is 11.9 Å². The number of rotatable bonds is 7. The number of carbonyl (C=O) groups is 2. The van der Waals surface area contributed by atoms with E-state index in [0.29, 0.717) is 6.08 Å². The van der Waals surface area contributed by atoms with Crippen LogP contribution in [0.1, 0.15) is 21.5 Å². The molecule has 6 nitrogen and oxygen atoms in total. The number of allylic oxidation sites excluding steroid dienone is 1. The van der Waals surface area contributed by atoms with Crippen molar-refractivity contribution in [3.63, 3.8) is 0 Å². The highest BCUT2D eigenvalue weighted by atomic mass is 19.3. The van der Waals surface area contributed by atoms with E-state index >= 15 is 0 Å². The highest BCUT2D eigenvalue weighted by Crippen LogP contribution is 2.31. The molecule has 2 aromatic carbocycles. The highest BCUT2D eigenvalue weighted by Gasteiger charge is 2.39. The lowest BCUT2D eigenvalue weighted by molar-refractivity contribution is -0.385. The van der Waals surface area contributed by atoms with Gasteiger partial charge in [0, 0.05) is 11.6 Å². The normalized spacial score (nSPS) is 11.4. The molecule has 27 heavy (non-hydrogen) atoms. The first kappa shape index (κ1) is 19.9. The lowest BCUT2D eigenvalue weighted by Crippen LogP contribution is -2.25. The lowest BCUT2D eigenvalue weighted by Gasteiger charge is -2.15. The van der Waals surface area contributed by atoms with Crippen LogP contribution >= 0.6 is 0 Å². The molecule has 140 valence electrons. The average molecular weight is 375 g/mol. The van der Waals surface area contributed by atoms with Crippen LogP contribution in [0.3, 0.4) is 0 Å². The smallest absolute Gasteiger partial charge is 0.345 e. The van der Waals surface area contributed by atoms with Crippen LogP contribution in [-0.4, -0.2) is 23.3 Å². The summed E-state index contributed by atoms with van der Waals surface area (Å²) < 4.78 is 33.2. The second kappa shape index (κ2) is 8.31. The number of ether oxygens (including phenoxy) is 1. The number of ketones is 1. The molecule has 0 heterocycles. The number of alkyl halides is 2. The second-order valence-corrected chi connectivity index (χ2v) is 5.53. The molecule has 0 unspecified atom stereocenters. The van der Waals surface area contributed by atoms with Gasteiger partial charge < -0.3 is 4.74 Å². The minimum Gasteiger partial charge on any atom is -0.458 e. The number of halogens is 2. The van der Waals surface area contributed by atoms with E-state index < -0.39 is 40.5 Å². The molecular formula is C19H15F2NO5. The van der Waals surface area contributed by atoms with Crippen LogP contribution in [-0.2, 0) is 15.5 Å². The van der Waals surface area contributed by atoms with Gasteiger partial charge in [-0.05, 0) is 30.7 Å². The predicted molar refractivity (Wildman–Crippen MR) is 92.6 cm³/mol. The molecular weight excluding hydrogens is 360 g/mol. The van der Waals surface area contributed by atoms with Gasteiger partial charge in [-0.15, -0.1) is 0 Å². The number of carbonyl (C=O) groups excluding carboxylic acids is 2. The van der Waals surface area contributed by atoms with Crippen molar-refractivity contribution in [3.05, 3.63) is 87.5 Å². The van der Waals surface area contributed by atoms with Crippen molar-refractivity contribution in [1.82, 2.24) is 0 Å². The maximum absolute atomic E-state index is 14.2. The molecule has 0 N–H and O–H groups in total. The number of nitrogens with zero attached hydrogens (tertiary/aromatic N) is 1. The molecule has 0 spiro atoms. The quantitative estimate of drug-likeness (QED) is 0.316. The fourth-order valence-corrected chi connectivity index (χ4v) is 2.32. The number of hydrogen-bond acceptors (Lipinski definition) is 5. The van der Waals surface area contributed by atoms with Gasteiger partial charge in [0.05, 0.1) is 4.92 Å². The summed E-state index contributed by atoms with van der Waals surface area (Å²) >= 11 is 0. The minimum absolute atomic E-state index is 0.270. The minimum atomic E-state index is -3.72. The number of para-hydroxylation sites is 1. The van der Waals surface area contributed by atoms with Crippen molar-refractivity contribution in [1.29, 1.82) is 0 Å². The summed E-state index contributed by atoms with van der Waals surface area (Å²) in [6.45, 7) is 0.981. The van der Waals surface area contributed by atoms with Crippen molar-refractivity contribution >= 4 is 17.4 Å². The van der Waals surface area contributed by atoms with Gasteiger partial charge in [0.2, 0.25) is 5.78 Å². The van der Waals surface area contributed by atoms with E-state index in [2.05, 4.69) is 0 Å². The van der Waals surface area contributed by atoms with Crippen molar-refractivity contribution in [2.24, 2.45) is 0 Å². The summed E-state index contributed by atoms with van der Waals surface area (Å²) in [7, 11) is 0. The van der Waals surface area contributed by atoms with Crippen LogP contribution in [0.4, 0.5) is 14.5 Å². The van der Waals surface area contributed by atoms with Gasteiger partial charge in [-0.2, -0.15) is 8.78 Å². The monoisotopic (exact) mass is 375 g/mol. The molecule has 0 amide bonds. The molecule has 0 fully saturated rings. The lowest BCUT2D eigenvalue weighted by atomic mass is 9.99. The number of benzene rings is 2. The Bertz CT molecular complexity index is 908. The topological polar surface area (TPSA) is 86.5 Å². The van der Waals surface area contributed by atoms with Gasteiger partial charge in [0.1, 0.15) is 12.2 Å². The third-order valence-electron chi connectivity index (χ3n) is 3.69. The Kier molecular flexibility index (Phi) is 6.12. The van der Waals surface area contributed by atoms with E-state index in [4.69, 9.17) is 4.74 Å². The maximum Gasteiger partial charge on any atom is 0.345 e. The molecule has 0 aliphatic heterocycles. The van der Waals surface area contributed by atoms with E-state index in [1.807, 2.05) is 0 Å². The van der Waals surface area contributed by atoms with Crippen LogP contribution in [0.5, 0.6) is 0 Å². The summed E-state index contributed by atoms with van der Waals surface area (Å²) in [5, 5.41) is 10.9. The number of nitro benzene ring substituents is 1. The Morgan fingerprint density at radius 3 is 2.44 bits per heavy atom. The Labute approximate surface area is 153 Å². The Balaban J connectivity index is 2.02. The van der Waals surface area contributed by atoms with Crippen molar-refractivity contribution in [2.75, 3.05) is 6.61 Å². The van der Waals surface area contributed by atoms with E-state index in [1.165, 1.54) is 37.3 Å². The molecule has 0 aliphatic carbocycles. The fourth-order valence-electron chi connectivity index (χ4n) is 2.32. The summed E-state index contributed by atoms with van der Waals surface area (Å²) in [5.41, 5.74) is -0.843. The zero-order valence-corrected chi connectivity index (χ0v) is 14.2. The SMILES string of the molecule is Cc1ccccc1C(F)(F)C(=O)/C=C/COC(=O)c1ccccc1[N+](=O)[O-]. The van der Waals surface area contributed by atoms with E-state index in [-0.39, 0.29) is 11.1 Å². The molecule has 2 aromatic rings. The number of esters is 1. The van der Waals surface area contributed by atoms with Crippen LogP contribution in [0.25, 0.3) is 0 Å². The molecule has 0 saturated heterocycles. The Morgan fingerprint density at radius 1 is 1.15 bits per heavy atom. The Morgan fingerprint density at radius 2 is 1.78 bits per heavy atom. The largest absolute Gasteiger partial charge is 0.458 e. The number of aryl methyl sites for hydroxylation is 1. The molecule has 0 radical (unpaired) electrons. The first-order chi connectivity index (χ1) is 12.7. The zero-order chi connectivity index (χ0) is 20.0. The summed E-state index contributed by atoms with van der Waals surface area (Å²) in [5.74, 6) is -6.17.